The minimum atomic E-state index is -0.218. The maximum absolute atomic E-state index is 11.7. The monoisotopic (exact) mass is 320 g/mol. The number of aromatic nitrogens is 2. The Balaban J connectivity index is 1.95. The molecule has 1 heterocycles. The topological polar surface area (TPSA) is 59.0 Å². The Morgan fingerprint density at radius 2 is 2.05 bits per heavy atom. The molecule has 0 saturated heterocycles. The summed E-state index contributed by atoms with van der Waals surface area (Å²) >= 11 is 5.88. The number of amides is 2. The minimum absolute atomic E-state index is 0.218. The zero-order valence-corrected chi connectivity index (χ0v) is 13.7. The van der Waals surface area contributed by atoms with Crippen LogP contribution in [0.5, 0.6) is 0 Å². The molecule has 0 radical (unpaired) electrons. The maximum atomic E-state index is 11.7. The lowest BCUT2D eigenvalue weighted by molar-refractivity contribution is 0.252. The van der Waals surface area contributed by atoms with Crippen LogP contribution in [-0.4, -0.2) is 22.4 Å². The molecule has 6 heteroatoms. The van der Waals surface area contributed by atoms with E-state index in [9.17, 15) is 4.79 Å². The number of rotatable bonds is 6. The number of anilines is 1. The summed E-state index contributed by atoms with van der Waals surface area (Å²) in [7, 11) is 0. The Morgan fingerprint density at radius 1 is 1.32 bits per heavy atom. The molecule has 5 nitrogen and oxygen atoms in total. The van der Waals surface area contributed by atoms with Crippen LogP contribution >= 0.6 is 11.6 Å². The Hall–Kier alpha value is -2.01. The number of benzene rings is 1. The van der Waals surface area contributed by atoms with Crippen molar-refractivity contribution >= 4 is 23.4 Å². The highest BCUT2D eigenvalue weighted by Gasteiger charge is 2.08. The van der Waals surface area contributed by atoms with Gasteiger partial charge in [-0.2, -0.15) is 5.10 Å². The Morgan fingerprint density at radius 3 is 2.73 bits per heavy atom. The van der Waals surface area contributed by atoms with Crippen LogP contribution in [0.3, 0.4) is 0 Å². The summed E-state index contributed by atoms with van der Waals surface area (Å²) in [6.45, 7) is 5.36. The first kappa shape index (κ1) is 16.4. The van der Waals surface area contributed by atoms with E-state index in [1.165, 1.54) is 0 Å². The maximum Gasteiger partial charge on any atom is 0.320 e. The first-order chi connectivity index (χ1) is 10.6. The number of nitrogens with zero attached hydrogens (tertiary/aromatic N) is 2. The molecule has 0 aliphatic carbocycles. The van der Waals surface area contributed by atoms with Crippen molar-refractivity contribution in [3.8, 4) is 0 Å². The molecule has 22 heavy (non-hydrogen) atoms. The van der Waals surface area contributed by atoms with E-state index >= 15 is 0 Å². The van der Waals surface area contributed by atoms with Gasteiger partial charge in [-0.3, -0.25) is 10.00 Å². The number of aryl methyl sites for hydroxylation is 1. The van der Waals surface area contributed by atoms with Gasteiger partial charge in [-0.1, -0.05) is 37.1 Å². The van der Waals surface area contributed by atoms with Gasteiger partial charge < -0.3 is 5.32 Å². The van der Waals surface area contributed by atoms with Gasteiger partial charge in [0.05, 0.1) is 6.54 Å². The second-order valence-corrected chi connectivity index (χ2v) is 5.63. The molecule has 0 spiro atoms. The van der Waals surface area contributed by atoms with E-state index in [2.05, 4.69) is 22.7 Å². The number of hydrogen-bond donors (Lipinski definition) is 2. The molecule has 0 aliphatic heterocycles. The molecule has 0 unspecified atom stereocenters. The van der Waals surface area contributed by atoms with Gasteiger partial charge in [0.25, 0.3) is 0 Å². The second-order valence-electron chi connectivity index (χ2n) is 5.19. The van der Waals surface area contributed by atoms with Gasteiger partial charge in [0.2, 0.25) is 0 Å². The van der Waals surface area contributed by atoms with Crippen LogP contribution in [0.15, 0.2) is 30.3 Å². The van der Waals surface area contributed by atoms with Crippen molar-refractivity contribution in [2.45, 2.75) is 33.2 Å². The predicted molar refractivity (Wildman–Crippen MR) is 89.4 cm³/mol. The first-order valence-corrected chi connectivity index (χ1v) is 7.80. The highest BCUT2D eigenvalue weighted by Crippen LogP contribution is 2.13. The number of urea groups is 1. The molecule has 2 N–H and O–H groups in total. The molecule has 118 valence electrons. The van der Waals surface area contributed by atoms with Gasteiger partial charge in [0, 0.05) is 23.3 Å². The number of carbonyl (C=O) groups excluding carboxylic acids is 1. The van der Waals surface area contributed by atoms with E-state index in [1.807, 2.05) is 41.9 Å². The first-order valence-electron chi connectivity index (χ1n) is 7.42. The average Bonchev–Trinajstić information content (AvgIpc) is 2.81. The van der Waals surface area contributed by atoms with E-state index in [0.29, 0.717) is 23.9 Å². The van der Waals surface area contributed by atoms with E-state index in [4.69, 9.17) is 11.6 Å². The van der Waals surface area contributed by atoms with Crippen LogP contribution in [0, 0.1) is 6.92 Å². The Labute approximate surface area is 135 Å². The third-order valence-corrected chi connectivity index (χ3v) is 3.54. The van der Waals surface area contributed by atoms with E-state index in [-0.39, 0.29) is 6.03 Å². The summed E-state index contributed by atoms with van der Waals surface area (Å²) in [5, 5.41) is 10.7. The fourth-order valence-electron chi connectivity index (χ4n) is 2.03. The van der Waals surface area contributed by atoms with Crippen molar-refractivity contribution in [1.82, 2.24) is 15.1 Å². The smallest absolute Gasteiger partial charge is 0.320 e. The number of hydrogen-bond acceptors (Lipinski definition) is 2. The molecular weight excluding hydrogens is 300 g/mol. The summed E-state index contributed by atoms with van der Waals surface area (Å²) in [5.41, 5.74) is 2.09. The highest BCUT2D eigenvalue weighted by molar-refractivity contribution is 6.30. The molecule has 0 atom stereocenters. The SMILES string of the molecule is CCCCNC(=O)Nc1cc(C)n(Cc2ccc(Cl)cc2)n1. The zero-order valence-electron chi connectivity index (χ0n) is 12.9. The molecule has 1 aromatic heterocycles. The number of halogens is 1. The second kappa shape index (κ2) is 7.84. The van der Waals surface area contributed by atoms with Crippen LogP contribution < -0.4 is 10.6 Å². The third-order valence-electron chi connectivity index (χ3n) is 3.28. The molecule has 1 aromatic carbocycles. The molecule has 2 amide bonds. The van der Waals surface area contributed by atoms with E-state index in [0.717, 1.165) is 24.1 Å². The quantitative estimate of drug-likeness (QED) is 0.795. The summed E-state index contributed by atoms with van der Waals surface area (Å²) < 4.78 is 1.85. The normalized spacial score (nSPS) is 10.5. The third kappa shape index (κ3) is 4.77. The van der Waals surface area contributed by atoms with Crippen LogP contribution in [0.25, 0.3) is 0 Å². The molecule has 0 fully saturated rings. The van der Waals surface area contributed by atoms with Crippen molar-refractivity contribution in [2.75, 3.05) is 11.9 Å². The lowest BCUT2D eigenvalue weighted by Crippen LogP contribution is -2.29. The van der Waals surface area contributed by atoms with Crippen molar-refractivity contribution in [3.63, 3.8) is 0 Å². The molecule has 2 aromatic rings. The van der Waals surface area contributed by atoms with E-state index in [1.54, 1.807) is 0 Å². The number of nitrogens with one attached hydrogen (secondary N) is 2. The van der Waals surface area contributed by atoms with Crippen LogP contribution in [0.4, 0.5) is 10.6 Å². The van der Waals surface area contributed by atoms with E-state index < -0.39 is 0 Å². The van der Waals surface area contributed by atoms with Crippen molar-refractivity contribution in [3.05, 3.63) is 46.6 Å². The zero-order chi connectivity index (χ0) is 15.9. The summed E-state index contributed by atoms with van der Waals surface area (Å²) in [5.74, 6) is 0.556. The minimum Gasteiger partial charge on any atom is -0.338 e. The van der Waals surface area contributed by atoms with Crippen LogP contribution in [-0.2, 0) is 6.54 Å². The Kier molecular flexibility index (Phi) is 5.83. The number of unbranched alkanes of at least 4 members (excludes halogenated alkanes) is 1. The molecular formula is C16H21ClN4O. The summed E-state index contributed by atoms with van der Waals surface area (Å²) in [4.78, 5) is 11.7. The van der Waals surface area contributed by atoms with Gasteiger partial charge in [0.15, 0.2) is 5.82 Å². The average molecular weight is 321 g/mol. The molecule has 0 bridgehead atoms. The summed E-state index contributed by atoms with van der Waals surface area (Å²) in [6, 6.07) is 9.29. The van der Waals surface area contributed by atoms with Crippen LogP contribution in [0.2, 0.25) is 5.02 Å². The summed E-state index contributed by atoms with van der Waals surface area (Å²) in [6.07, 6.45) is 2.02. The lowest BCUT2D eigenvalue weighted by Gasteiger charge is -2.05. The number of carbonyl (C=O) groups is 1. The van der Waals surface area contributed by atoms with Crippen LogP contribution in [0.1, 0.15) is 31.0 Å². The van der Waals surface area contributed by atoms with Crippen molar-refractivity contribution < 1.29 is 4.79 Å². The predicted octanol–water partition coefficient (Wildman–Crippen LogP) is 3.81. The standard InChI is InChI=1S/C16H21ClN4O/c1-3-4-9-18-16(22)19-15-10-12(2)21(20-15)11-13-5-7-14(17)8-6-13/h5-8,10H,3-4,9,11H2,1-2H3,(H2,18,19,20,22). The molecule has 0 aliphatic rings. The fourth-order valence-corrected chi connectivity index (χ4v) is 2.16. The highest BCUT2D eigenvalue weighted by atomic mass is 35.5. The van der Waals surface area contributed by atoms with Crippen molar-refractivity contribution in [2.24, 2.45) is 0 Å². The lowest BCUT2D eigenvalue weighted by atomic mass is 10.2. The van der Waals surface area contributed by atoms with Gasteiger partial charge in [0.1, 0.15) is 0 Å². The Bertz CT molecular complexity index is 622. The van der Waals surface area contributed by atoms with Gasteiger partial charge in [-0.05, 0) is 31.0 Å². The van der Waals surface area contributed by atoms with Gasteiger partial charge in [-0.25, -0.2) is 4.79 Å². The van der Waals surface area contributed by atoms with Gasteiger partial charge in [-0.15, -0.1) is 0 Å². The molecule has 2 rings (SSSR count). The largest absolute Gasteiger partial charge is 0.338 e. The van der Waals surface area contributed by atoms with Gasteiger partial charge >= 0.3 is 6.03 Å². The van der Waals surface area contributed by atoms with Crippen molar-refractivity contribution in [1.29, 1.82) is 0 Å². The molecule has 0 saturated carbocycles. The fraction of sp³-hybridized carbons (Fsp3) is 0.375.